The van der Waals surface area contributed by atoms with E-state index in [0.717, 1.165) is 81.5 Å². The number of benzene rings is 2. The fourth-order valence-electron chi connectivity index (χ4n) is 5.60. The van der Waals surface area contributed by atoms with Crippen molar-refractivity contribution in [2.75, 3.05) is 33.0 Å². The van der Waals surface area contributed by atoms with E-state index < -0.39 is 0 Å². The summed E-state index contributed by atoms with van der Waals surface area (Å²) in [5.74, 6) is 2.25. The van der Waals surface area contributed by atoms with Crippen LogP contribution in [0.5, 0.6) is 5.75 Å². The van der Waals surface area contributed by atoms with Gasteiger partial charge in [0.05, 0.1) is 32.0 Å². The Labute approximate surface area is 223 Å². The van der Waals surface area contributed by atoms with E-state index in [9.17, 15) is 4.79 Å². The molecular weight excluding hydrogens is 464 g/mol. The van der Waals surface area contributed by atoms with E-state index >= 15 is 0 Å². The minimum Gasteiger partial charge on any atom is -0.494 e. The third-order valence-corrected chi connectivity index (χ3v) is 8.07. The second-order valence-electron chi connectivity index (χ2n) is 12.1. The van der Waals surface area contributed by atoms with Crippen LogP contribution < -0.4 is 4.74 Å². The summed E-state index contributed by atoms with van der Waals surface area (Å²) in [5.41, 5.74) is 0.865. The maximum absolute atomic E-state index is 13.0. The van der Waals surface area contributed by atoms with Gasteiger partial charge in [-0.2, -0.15) is 0 Å². The monoisotopic (exact) mass is 510 g/mol. The highest BCUT2D eigenvalue weighted by atomic mass is 16.5. The van der Waals surface area contributed by atoms with Crippen LogP contribution in [0.15, 0.2) is 36.4 Å². The van der Waals surface area contributed by atoms with E-state index in [1.807, 2.05) is 30.3 Å². The van der Waals surface area contributed by atoms with Gasteiger partial charge < -0.3 is 18.9 Å². The lowest BCUT2D eigenvalue weighted by atomic mass is 9.75. The van der Waals surface area contributed by atoms with Gasteiger partial charge in [0, 0.05) is 12.0 Å². The molecule has 37 heavy (non-hydrogen) atoms. The molecule has 1 saturated heterocycles. The highest BCUT2D eigenvalue weighted by Crippen LogP contribution is 2.36. The zero-order valence-corrected chi connectivity index (χ0v) is 23.3. The van der Waals surface area contributed by atoms with Crippen LogP contribution in [0.3, 0.4) is 0 Å². The molecule has 0 bridgehead atoms. The first-order valence-corrected chi connectivity index (χ1v) is 14.4. The maximum Gasteiger partial charge on any atom is 0.338 e. The normalized spacial score (nSPS) is 23.1. The Morgan fingerprint density at radius 3 is 2.46 bits per heavy atom. The molecule has 2 aromatic carbocycles. The highest BCUT2D eigenvalue weighted by molar-refractivity contribution is 5.95. The summed E-state index contributed by atoms with van der Waals surface area (Å²) in [6.07, 6.45) is 7.77. The van der Waals surface area contributed by atoms with Crippen LogP contribution in [-0.4, -0.2) is 45.1 Å². The van der Waals surface area contributed by atoms with E-state index in [1.165, 1.54) is 6.42 Å². The van der Waals surface area contributed by atoms with Crippen LogP contribution in [0, 0.1) is 23.2 Å². The minimum atomic E-state index is -0.205. The first kappa shape index (κ1) is 27.9. The standard InChI is InChI=1S/C32H46O5/c1-23(2)29-14-9-24(3)17-30(29)37-31(33)27-11-10-26-19-28(13-12-25(26)18-27)36-16-8-6-5-7-15-34-20-32(4)21-35-22-32/h10-13,18-19,23-24,29-30H,5-9,14-17,20-22H2,1-4H3. The Morgan fingerprint density at radius 1 is 1.00 bits per heavy atom. The molecule has 2 aliphatic rings. The van der Waals surface area contributed by atoms with Gasteiger partial charge in [-0.15, -0.1) is 0 Å². The van der Waals surface area contributed by atoms with Gasteiger partial charge in [0.1, 0.15) is 11.9 Å². The maximum atomic E-state index is 13.0. The van der Waals surface area contributed by atoms with Crippen molar-refractivity contribution in [3.05, 3.63) is 42.0 Å². The lowest BCUT2D eigenvalue weighted by molar-refractivity contribution is -0.137. The van der Waals surface area contributed by atoms with Crippen LogP contribution in [0.25, 0.3) is 10.8 Å². The zero-order valence-electron chi connectivity index (χ0n) is 23.3. The van der Waals surface area contributed by atoms with Crippen molar-refractivity contribution in [2.45, 2.75) is 78.7 Å². The third-order valence-electron chi connectivity index (χ3n) is 8.07. The fraction of sp³-hybridized carbons (Fsp3) is 0.656. The van der Waals surface area contributed by atoms with Crippen molar-refractivity contribution >= 4 is 16.7 Å². The van der Waals surface area contributed by atoms with E-state index in [0.29, 0.717) is 29.9 Å². The van der Waals surface area contributed by atoms with Crippen LogP contribution in [0.1, 0.15) is 83.0 Å². The number of rotatable bonds is 13. The molecule has 1 heterocycles. The second-order valence-corrected chi connectivity index (χ2v) is 12.1. The number of carbonyl (C=O) groups is 1. The van der Waals surface area contributed by atoms with Gasteiger partial charge in [-0.05, 0) is 84.9 Å². The van der Waals surface area contributed by atoms with Crippen molar-refractivity contribution in [1.29, 1.82) is 0 Å². The molecule has 2 aromatic rings. The number of fused-ring (bicyclic) bond motifs is 1. The molecular formula is C32H46O5. The molecule has 3 atom stereocenters. The molecule has 2 fully saturated rings. The average Bonchev–Trinajstić information content (AvgIpc) is 2.86. The lowest BCUT2D eigenvalue weighted by Crippen LogP contribution is -2.43. The van der Waals surface area contributed by atoms with Gasteiger partial charge in [0.2, 0.25) is 0 Å². The molecule has 3 unspecified atom stereocenters. The first-order chi connectivity index (χ1) is 17.8. The van der Waals surface area contributed by atoms with Gasteiger partial charge in [0.25, 0.3) is 0 Å². The number of hydrogen-bond acceptors (Lipinski definition) is 5. The fourth-order valence-corrected chi connectivity index (χ4v) is 5.60. The largest absolute Gasteiger partial charge is 0.494 e. The summed E-state index contributed by atoms with van der Waals surface area (Å²) in [6, 6.07) is 11.9. The van der Waals surface area contributed by atoms with Crippen molar-refractivity contribution in [3.8, 4) is 5.75 Å². The topological polar surface area (TPSA) is 54.0 Å². The Bertz CT molecular complexity index is 1010. The predicted molar refractivity (Wildman–Crippen MR) is 148 cm³/mol. The smallest absolute Gasteiger partial charge is 0.338 e. The van der Waals surface area contributed by atoms with Crippen LogP contribution in [0.2, 0.25) is 0 Å². The van der Waals surface area contributed by atoms with Gasteiger partial charge >= 0.3 is 5.97 Å². The van der Waals surface area contributed by atoms with Gasteiger partial charge in [0.15, 0.2) is 0 Å². The molecule has 1 aliphatic carbocycles. The van der Waals surface area contributed by atoms with E-state index in [4.69, 9.17) is 18.9 Å². The van der Waals surface area contributed by atoms with Gasteiger partial charge in [-0.1, -0.05) is 52.7 Å². The Balaban J connectivity index is 1.19. The van der Waals surface area contributed by atoms with E-state index in [-0.39, 0.29) is 17.5 Å². The minimum absolute atomic E-state index is 0.0149. The third kappa shape index (κ3) is 7.94. The summed E-state index contributed by atoms with van der Waals surface area (Å²) in [6.45, 7) is 12.9. The molecule has 4 rings (SSSR count). The van der Waals surface area contributed by atoms with Crippen molar-refractivity contribution in [2.24, 2.45) is 23.2 Å². The number of ether oxygens (including phenoxy) is 4. The molecule has 5 heteroatoms. The summed E-state index contributed by atoms with van der Waals surface area (Å²) in [7, 11) is 0. The predicted octanol–water partition coefficient (Wildman–Crippen LogP) is 7.45. The summed E-state index contributed by atoms with van der Waals surface area (Å²) >= 11 is 0. The molecule has 1 aliphatic heterocycles. The van der Waals surface area contributed by atoms with Gasteiger partial charge in [-0.25, -0.2) is 4.79 Å². The number of esters is 1. The second kappa shape index (κ2) is 13.1. The molecule has 0 radical (unpaired) electrons. The van der Waals surface area contributed by atoms with Crippen LogP contribution >= 0.6 is 0 Å². The quantitative estimate of drug-likeness (QED) is 0.207. The summed E-state index contributed by atoms with van der Waals surface area (Å²) in [4.78, 5) is 13.0. The number of carbonyl (C=O) groups excluding carboxylic acids is 1. The molecule has 0 aromatic heterocycles. The molecule has 204 valence electrons. The Kier molecular flexibility index (Phi) is 9.89. The summed E-state index contributed by atoms with van der Waals surface area (Å²) in [5, 5.41) is 2.10. The molecule has 0 amide bonds. The highest BCUT2D eigenvalue weighted by Gasteiger charge is 2.34. The van der Waals surface area contributed by atoms with E-state index in [1.54, 1.807) is 0 Å². The SMILES string of the molecule is CC1CCC(C(C)C)C(OC(=O)c2ccc3cc(OCCCCCCOCC4(C)COC4)ccc3c2)C1. The van der Waals surface area contributed by atoms with Crippen LogP contribution in [0.4, 0.5) is 0 Å². The summed E-state index contributed by atoms with van der Waals surface area (Å²) < 4.78 is 23.1. The molecule has 5 nitrogen and oxygen atoms in total. The number of hydrogen-bond donors (Lipinski definition) is 0. The van der Waals surface area contributed by atoms with Crippen LogP contribution in [-0.2, 0) is 14.2 Å². The van der Waals surface area contributed by atoms with E-state index in [2.05, 4.69) is 33.8 Å². The zero-order chi connectivity index (χ0) is 26.3. The average molecular weight is 511 g/mol. The Hall–Kier alpha value is -2.11. The van der Waals surface area contributed by atoms with Crippen molar-refractivity contribution in [1.82, 2.24) is 0 Å². The molecule has 1 saturated carbocycles. The molecule has 0 spiro atoms. The van der Waals surface area contributed by atoms with Gasteiger partial charge in [-0.3, -0.25) is 0 Å². The van der Waals surface area contributed by atoms with Crippen molar-refractivity contribution in [3.63, 3.8) is 0 Å². The first-order valence-electron chi connectivity index (χ1n) is 14.4. The van der Waals surface area contributed by atoms with Crippen molar-refractivity contribution < 1.29 is 23.7 Å². The lowest BCUT2D eigenvalue weighted by Gasteiger charge is -2.37. The Morgan fingerprint density at radius 2 is 1.73 bits per heavy atom. The number of unbranched alkanes of at least 4 members (excludes halogenated alkanes) is 3. The molecule has 0 N–H and O–H groups in total.